The topological polar surface area (TPSA) is 117 Å². The number of nitrogens with zero attached hydrogens (tertiary/aromatic N) is 2. The molecule has 28 heavy (non-hydrogen) atoms. The molecule has 0 radical (unpaired) electrons. The van der Waals surface area contributed by atoms with Crippen molar-refractivity contribution in [2.24, 2.45) is 0 Å². The van der Waals surface area contributed by atoms with Gasteiger partial charge in [-0.25, -0.2) is 21.6 Å². The molecule has 1 fully saturated rings. The van der Waals surface area contributed by atoms with Gasteiger partial charge in [0, 0.05) is 38.1 Å². The van der Waals surface area contributed by atoms with E-state index < -0.39 is 20.0 Å². The van der Waals surface area contributed by atoms with E-state index in [0.29, 0.717) is 0 Å². The van der Waals surface area contributed by atoms with Crippen LogP contribution in [-0.4, -0.2) is 50.4 Å². The average molecular weight is 426 g/mol. The number of aliphatic hydroxyl groups excluding tert-OH is 1. The van der Waals surface area contributed by atoms with Crippen LogP contribution >= 0.6 is 0 Å². The molecule has 2 N–H and O–H groups in total. The smallest absolute Gasteiger partial charge is 0.243 e. The Hall–Kier alpha value is -1.85. The van der Waals surface area contributed by atoms with Gasteiger partial charge in [0.15, 0.2) is 0 Å². The molecule has 3 rings (SSSR count). The maximum absolute atomic E-state index is 13.1. The molecule has 10 heteroatoms. The minimum absolute atomic E-state index is 0.000276. The molecule has 0 bridgehead atoms. The van der Waals surface area contributed by atoms with Crippen LogP contribution in [0.3, 0.4) is 0 Å². The normalized spacial score (nSPS) is 15.1. The Morgan fingerprint density at radius 2 is 1.75 bits per heavy atom. The van der Waals surface area contributed by atoms with Crippen LogP contribution in [0.4, 0.5) is 0 Å². The van der Waals surface area contributed by atoms with Gasteiger partial charge < -0.3 is 5.11 Å². The highest BCUT2D eigenvalue weighted by Crippen LogP contribution is 2.24. The van der Waals surface area contributed by atoms with Gasteiger partial charge in [-0.1, -0.05) is 6.07 Å². The van der Waals surface area contributed by atoms with Gasteiger partial charge in [-0.15, -0.1) is 0 Å². The summed E-state index contributed by atoms with van der Waals surface area (Å²) in [5.74, 6) is 0. The summed E-state index contributed by atoms with van der Waals surface area (Å²) in [6.45, 7) is 0.111. The van der Waals surface area contributed by atoms with Crippen LogP contribution < -0.4 is 4.72 Å². The molecule has 0 spiro atoms. The summed E-state index contributed by atoms with van der Waals surface area (Å²) in [5, 5.41) is 9.11. The second-order valence-corrected chi connectivity index (χ2v) is 10.3. The van der Waals surface area contributed by atoms with E-state index in [4.69, 9.17) is 5.11 Å². The van der Waals surface area contributed by atoms with E-state index in [9.17, 15) is 16.8 Å². The number of rotatable bonds is 10. The SMILES string of the molecule is O=S(=O)(NC1CC1)c1ccc(S(=O)(=O)N(CCCO)Cc2cccnc2)cc1. The molecule has 1 aromatic heterocycles. The second kappa shape index (κ2) is 8.66. The van der Waals surface area contributed by atoms with Crippen molar-refractivity contribution >= 4 is 20.0 Å². The Balaban J connectivity index is 1.83. The van der Waals surface area contributed by atoms with Crippen LogP contribution in [0.15, 0.2) is 58.6 Å². The molecule has 1 aliphatic rings. The first-order chi connectivity index (χ1) is 13.3. The molecule has 0 atom stereocenters. The fraction of sp³-hybridized carbons (Fsp3) is 0.389. The van der Waals surface area contributed by atoms with E-state index in [1.54, 1.807) is 24.5 Å². The molecule has 1 heterocycles. The van der Waals surface area contributed by atoms with Gasteiger partial charge in [0.1, 0.15) is 0 Å². The van der Waals surface area contributed by atoms with Gasteiger partial charge in [0.2, 0.25) is 20.0 Å². The van der Waals surface area contributed by atoms with Gasteiger partial charge in [0.05, 0.1) is 9.79 Å². The maximum atomic E-state index is 13.1. The van der Waals surface area contributed by atoms with Crippen LogP contribution in [0.25, 0.3) is 0 Å². The lowest BCUT2D eigenvalue weighted by Crippen LogP contribution is -2.32. The molecule has 0 saturated heterocycles. The number of nitrogens with one attached hydrogen (secondary N) is 1. The monoisotopic (exact) mass is 425 g/mol. The van der Waals surface area contributed by atoms with Crippen LogP contribution in [0, 0.1) is 0 Å². The Kier molecular flexibility index (Phi) is 6.46. The Morgan fingerprint density at radius 1 is 1.07 bits per heavy atom. The molecule has 0 aliphatic heterocycles. The highest BCUT2D eigenvalue weighted by Gasteiger charge is 2.29. The number of sulfonamides is 2. The zero-order valence-corrected chi connectivity index (χ0v) is 16.9. The third-order valence-corrected chi connectivity index (χ3v) is 7.71. The first-order valence-corrected chi connectivity index (χ1v) is 11.9. The van der Waals surface area contributed by atoms with Gasteiger partial charge in [-0.2, -0.15) is 4.31 Å². The fourth-order valence-electron chi connectivity index (χ4n) is 2.66. The van der Waals surface area contributed by atoms with Gasteiger partial charge in [-0.3, -0.25) is 4.98 Å². The minimum Gasteiger partial charge on any atom is -0.396 e. The average Bonchev–Trinajstić information content (AvgIpc) is 3.49. The molecule has 8 nitrogen and oxygen atoms in total. The number of hydrogen-bond donors (Lipinski definition) is 2. The number of aromatic nitrogens is 1. The Bertz CT molecular complexity index is 989. The lowest BCUT2D eigenvalue weighted by molar-refractivity contribution is 0.267. The Morgan fingerprint density at radius 3 is 2.32 bits per heavy atom. The van der Waals surface area contributed by atoms with E-state index in [0.717, 1.165) is 18.4 Å². The summed E-state index contributed by atoms with van der Waals surface area (Å²) in [6.07, 6.45) is 5.11. The number of pyridine rings is 1. The zero-order valence-electron chi connectivity index (χ0n) is 15.2. The minimum atomic E-state index is -3.87. The molecular formula is C18H23N3O5S2. The summed E-state index contributed by atoms with van der Waals surface area (Å²) in [4.78, 5) is 4.03. The van der Waals surface area contributed by atoms with Crippen molar-refractivity contribution in [3.8, 4) is 0 Å². The Labute approximate surface area is 165 Å². The summed E-state index contributed by atoms with van der Waals surface area (Å²) < 4.78 is 54.4. The van der Waals surface area contributed by atoms with E-state index in [1.807, 2.05) is 0 Å². The lowest BCUT2D eigenvalue weighted by Gasteiger charge is -2.22. The highest BCUT2D eigenvalue weighted by atomic mass is 32.2. The first kappa shape index (κ1) is 20.9. The van der Waals surface area contributed by atoms with Crippen molar-refractivity contribution in [2.75, 3.05) is 13.2 Å². The van der Waals surface area contributed by atoms with Crippen molar-refractivity contribution in [3.63, 3.8) is 0 Å². The summed E-state index contributed by atoms with van der Waals surface area (Å²) >= 11 is 0. The maximum Gasteiger partial charge on any atom is 0.243 e. The van der Waals surface area contributed by atoms with Crippen molar-refractivity contribution < 1.29 is 21.9 Å². The van der Waals surface area contributed by atoms with Crippen LogP contribution in [0.2, 0.25) is 0 Å². The van der Waals surface area contributed by atoms with Crippen molar-refractivity contribution in [3.05, 3.63) is 54.4 Å². The van der Waals surface area contributed by atoms with E-state index in [-0.39, 0.29) is 42.0 Å². The molecule has 1 aromatic carbocycles. The third-order valence-electron chi connectivity index (χ3n) is 4.32. The molecule has 2 aromatic rings. The number of aliphatic hydroxyl groups is 1. The summed E-state index contributed by atoms with van der Waals surface area (Å²) in [6, 6.07) is 8.66. The highest BCUT2D eigenvalue weighted by molar-refractivity contribution is 7.89. The number of hydrogen-bond acceptors (Lipinski definition) is 6. The van der Waals surface area contributed by atoms with E-state index in [1.165, 1.54) is 28.6 Å². The van der Waals surface area contributed by atoms with E-state index in [2.05, 4.69) is 9.71 Å². The standard InChI is InChI=1S/C18H23N3O5S2/c22-12-2-11-21(14-15-3-1-10-19-13-15)28(25,26)18-8-6-17(7-9-18)27(23,24)20-16-4-5-16/h1,3,6-10,13,16,20,22H,2,4-5,11-12,14H2. The van der Waals surface area contributed by atoms with Crippen LogP contribution in [-0.2, 0) is 26.6 Å². The van der Waals surface area contributed by atoms with Gasteiger partial charge in [0.25, 0.3) is 0 Å². The van der Waals surface area contributed by atoms with Crippen LogP contribution in [0.5, 0.6) is 0 Å². The fourth-order valence-corrected chi connectivity index (χ4v) is 5.43. The van der Waals surface area contributed by atoms with Crippen molar-refractivity contribution in [2.45, 2.75) is 41.6 Å². The van der Waals surface area contributed by atoms with Crippen molar-refractivity contribution in [1.82, 2.24) is 14.0 Å². The quantitative estimate of drug-likeness (QED) is 0.589. The van der Waals surface area contributed by atoms with E-state index >= 15 is 0 Å². The second-order valence-electron chi connectivity index (χ2n) is 6.64. The van der Waals surface area contributed by atoms with Crippen LogP contribution in [0.1, 0.15) is 24.8 Å². The van der Waals surface area contributed by atoms with Crippen molar-refractivity contribution in [1.29, 1.82) is 0 Å². The molecule has 0 unspecified atom stereocenters. The van der Waals surface area contributed by atoms with Gasteiger partial charge >= 0.3 is 0 Å². The molecular weight excluding hydrogens is 402 g/mol. The first-order valence-electron chi connectivity index (χ1n) is 8.95. The third kappa shape index (κ3) is 5.15. The molecule has 1 aliphatic carbocycles. The predicted molar refractivity (Wildman–Crippen MR) is 103 cm³/mol. The number of benzene rings is 1. The summed E-state index contributed by atoms with van der Waals surface area (Å²) in [5.41, 5.74) is 0.719. The molecule has 152 valence electrons. The predicted octanol–water partition coefficient (Wildman–Crippen LogP) is 1.10. The lowest BCUT2D eigenvalue weighted by atomic mass is 10.3. The zero-order chi connectivity index (χ0) is 20.2. The molecule has 0 amide bonds. The summed E-state index contributed by atoms with van der Waals surface area (Å²) in [7, 11) is -7.51. The molecule has 1 saturated carbocycles. The van der Waals surface area contributed by atoms with Gasteiger partial charge in [-0.05, 0) is 55.2 Å². The largest absolute Gasteiger partial charge is 0.396 e.